The van der Waals surface area contributed by atoms with Crippen molar-refractivity contribution in [2.24, 2.45) is 0 Å². The molecule has 144 valence electrons. The van der Waals surface area contributed by atoms with Crippen molar-refractivity contribution in [1.82, 2.24) is 5.32 Å². The average Bonchev–Trinajstić information content (AvgIpc) is 3.13. The molecular weight excluding hydrogens is 386 g/mol. The van der Waals surface area contributed by atoms with Crippen molar-refractivity contribution >= 4 is 44.5 Å². The van der Waals surface area contributed by atoms with Crippen LogP contribution in [0.3, 0.4) is 0 Å². The number of carbonyl (C=O) groups is 2. The van der Waals surface area contributed by atoms with E-state index in [1.54, 1.807) is 29.5 Å². The second kappa shape index (κ2) is 8.10. The third-order valence-electron chi connectivity index (χ3n) is 4.31. The lowest BCUT2D eigenvalue weighted by Crippen LogP contribution is -2.37. The maximum absolute atomic E-state index is 12.1. The molecule has 27 heavy (non-hydrogen) atoms. The Morgan fingerprint density at radius 1 is 1.22 bits per heavy atom. The number of nitrogens with zero attached hydrogens (tertiary/aromatic N) is 1. The topological polar surface area (TPSA) is 95.6 Å². The number of sulfonamides is 1. The fraction of sp³-hybridized carbons (Fsp3) is 0.333. The summed E-state index contributed by atoms with van der Waals surface area (Å²) in [6.07, 6.45) is 3.34. The number of anilines is 2. The molecule has 0 saturated carbocycles. The molecule has 0 fully saturated rings. The van der Waals surface area contributed by atoms with E-state index >= 15 is 0 Å². The summed E-state index contributed by atoms with van der Waals surface area (Å²) in [4.78, 5) is 24.1. The van der Waals surface area contributed by atoms with Gasteiger partial charge in [-0.15, -0.1) is 0 Å². The number of hydrogen-bond donors (Lipinski definition) is 2. The van der Waals surface area contributed by atoms with Gasteiger partial charge >= 0.3 is 11.8 Å². The van der Waals surface area contributed by atoms with Gasteiger partial charge in [0, 0.05) is 18.8 Å². The Balaban J connectivity index is 1.63. The minimum atomic E-state index is -3.39. The number of amides is 2. The summed E-state index contributed by atoms with van der Waals surface area (Å²) in [5.41, 5.74) is 2.96. The summed E-state index contributed by atoms with van der Waals surface area (Å²) < 4.78 is 25.3. The smallest absolute Gasteiger partial charge is 0.313 e. The number of aryl methyl sites for hydroxylation is 1. The summed E-state index contributed by atoms with van der Waals surface area (Å²) >= 11 is 1.58. The fourth-order valence-corrected chi connectivity index (χ4v) is 4.68. The first kappa shape index (κ1) is 19.4. The van der Waals surface area contributed by atoms with Crippen LogP contribution in [0.15, 0.2) is 35.0 Å². The number of thiophene rings is 1. The molecule has 0 spiro atoms. The van der Waals surface area contributed by atoms with Crippen molar-refractivity contribution in [3.63, 3.8) is 0 Å². The lowest BCUT2D eigenvalue weighted by atomic mass is 10.0. The van der Waals surface area contributed by atoms with Crippen LogP contribution in [0.5, 0.6) is 0 Å². The van der Waals surface area contributed by atoms with Crippen molar-refractivity contribution in [1.29, 1.82) is 0 Å². The van der Waals surface area contributed by atoms with Gasteiger partial charge < -0.3 is 10.6 Å². The van der Waals surface area contributed by atoms with E-state index in [0.29, 0.717) is 30.9 Å². The zero-order chi connectivity index (χ0) is 19.4. The molecule has 2 N–H and O–H groups in total. The van der Waals surface area contributed by atoms with Gasteiger partial charge in [-0.2, -0.15) is 11.3 Å². The van der Waals surface area contributed by atoms with E-state index in [2.05, 4.69) is 10.6 Å². The van der Waals surface area contributed by atoms with Crippen LogP contribution in [-0.4, -0.2) is 39.6 Å². The molecule has 0 atom stereocenters. The molecule has 1 aliphatic rings. The maximum Gasteiger partial charge on any atom is 0.313 e. The van der Waals surface area contributed by atoms with Crippen molar-refractivity contribution < 1.29 is 18.0 Å². The minimum Gasteiger partial charge on any atom is -0.347 e. The molecule has 0 radical (unpaired) electrons. The molecule has 1 aliphatic heterocycles. The Hall–Kier alpha value is -2.39. The number of hydrogen-bond acceptors (Lipinski definition) is 5. The molecule has 0 saturated heterocycles. The van der Waals surface area contributed by atoms with Crippen molar-refractivity contribution in [2.45, 2.75) is 19.3 Å². The Labute approximate surface area is 162 Å². The standard InChI is InChI=1S/C18H21N3O4S2/c1-27(24,25)21-9-2-3-14-4-5-15(11-16(14)21)20-18(23)17(22)19-8-6-13-7-10-26-12-13/h4-5,7,10-12H,2-3,6,8-9H2,1H3,(H,19,22)(H,20,23). The second-order valence-corrected chi connectivity index (χ2v) is 9.06. The van der Waals surface area contributed by atoms with Crippen LogP contribution in [0.25, 0.3) is 0 Å². The molecule has 1 aromatic carbocycles. The van der Waals surface area contributed by atoms with Gasteiger partial charge in [0.25, 0.3) is 0 Å². The largest absolute Gasteiger partial charge is 0.347 e. The molecular formula is C18H21N3O4S2. The van der Waals surface area contributed by atoms with Crippen molar-refractivity contribution in [2.75, 3.05) is 29.0 Å². The first-order valence-electron chi connectivity index (χ1n) is 8.55. The van der Waals surface area contributed by atoms with Gasteiger partial charge in [0.1, 0.15) is 0 Å². The second-order valence-electron chi connectivity index (χ2n) is 6.37. The Morgan fingerprint density at radius 2 is 2.04 bits per heavy atom. The lowest BCUT2D eigenvalue weighted by molar-refractivity contribution is -0.136. The van der Waals surface area contributed by atoms with E-state index in [-0.39, 0.29) is 0 Å². The molecule has 7 nitrogen and oxygen atoms in total. The molecule has 2 aromatic rings. The van der Waals surface area contributed by atoms with Crippen LogP contribution in [0, 0.1) is 0 Å². The number of carbonyl (C=O) groups excluding carboxylic acids is 2. The van der Waals surface area contributed by atoms with E-state index in [1.807, 2.05) is 16.8 Å². The third kappa shape index (κ3) is 4.86. The van der Waals surface area contributed by atoms with Crippen LogP contribution < -0.4 is 14.9 Å². The summed E-state index contributed by atoms with van der Waals surface area (Å²) in [5.74, 6) is -1.50. The summed E-state index contributed by atoms with van der Waals surface area (Å²) in [5, 5.41) is 9.07. The van der Waals surface area contributed by atoms with Gasteiger partial charge in [0.2, 0.25) is 10.0 Å². The van der Waals surface area contributed by atoms with Gasteiger partial charge in [-0.05, 0) is 59.3 Å². The molecule has 2 amide bonds. The molecule has 0 aliphatic carbocycles. The van der Waals surface area contributed by atoms with Crippen molar-refractivity contribution in [3.8, 4) is 0 Å². The van der Waals surface area contributed by atoms with Crippen LogP contribution in [0.4, 0.5) is 11.4 Å². The molecule has 1 aromatic heterocycles. The zero-order valence-corrected chi connectivity index (χ0v) is 16.5. The van der Waals surface area contributed by atoms with Crippen molar-refractivity contribution in [3.05, 3.63) is 46.2 Å². The highest BCUT2D eigenvalue weighted by Gasteiger charge is 2.24. The van der Waals surface area contributed by atoms with Gasteiger partial charge in [0.05, 0.1) is 11.9 Å². The Bertz CT molecular complexity index is 940. The summed E-state index contributed by atoms with van der Waals surface area (Å²) in [6.45, 7) is 0.779. The number of fused-ring (bicyclic) bond motifs is 1. The highest BCUT2D eigenvalue weighted by atomic mass is 32.2. The van der Waals surface area contributed by atoms with Crippen LogP contribution in [-0.2, 0) is 32.5 Å². The predicted octanol–water partition coefficient (Wildman–Crippen LogP) is 1.76. The number of benzene rings is 1. The number of rotatable bonds is 5. The number of nitrogens with one attached hydrogen (secondary N) is 2. The Kier molecular flexibility index (Phi) is 5.81. The van der Waals surface area contributed by atoms with E-state index in [0.717, 1.165) is 30.2 Å². The summed E-state index contributed by atoms with van der Waals surface area (Å²) in [7, 11) is -3.39. The highest BCUT2D eigenvalue weighted by Crippen LogP contribution is 2.31. The zero-order valence-electron chi connectivity index (χ0n) is 14.9. The van der Waals surface area contributed by atoms with Gasteiger partial charge in [0.15, 0.2) is 0 Å². The highest BCUT2D eigenvalue weighted by molar-refractivity contribution is 7.92. The molecule has 9 heteroatoms. The quantitative estimate of drug-likeness (QED) is 0.739. The summed E-state index contributed by atoms with van der Waals surface area (Å²) in [6, 6.07) is 7.04. The average molecular weight is 408 g/mol. The monoisotopic (exact) mass is 407 g/mol. The minimum absolute atomic E-state index is 0.370. The van der Waals surface area contributed by atoms with E-state index in [9.17, 15) is 18.0 Å². The molecule has 0 bridgehead atoms. The van der Waals surface area contributed by atoms with E-state index in [1.165, 1.54) is 4.31 Å². The van der Waals surface area contributed by atoms with Gasteiger partial charge in [-0.1, -0.05) is 6.07 Å². The fourth-order valence-electron chi connectivity index (χ4n) is 2.99. The van der Waals surface area contributed by atoms with Crippen LogP contribution in [0.1, 0.15) is 17.5 Å². The normalized spacial score (nSPS) is 13.7. The van der Waals surface area contributed by atoms with Crippen LogP contribution in [0.2, 0.25) is 0 Å². The van der Waals surface area contributed by atoms with Crippen LogP contribution >= 0.6 is 11.3 Å². The third-order valence-corrected chi connectivity index (χ3v) is 6.22. The SMILES string of the molecule is CS(=O)(=O)N1CCCc2ccc(NC(=O)C(=O)NCCc3ccsc3)cc21. The molecule has 2 heterocycles. The first-order chi connectivity index (χ1) is 12.8. The first-order valence-corrected chi connectivity index (χ1v) is 11.3. The van der Waals surface area contributed by atoms with Gasteiger partial charge in [-0.3, -0.25) is 13.9 Å². The maximum atomic E-state index is 12.1. The molecule has 3 rings (SSSR count). The lowest BCUT2D eigenvalue weighted by Gasteiger charge is -2.29. The Morgan fingerprint density at radius 3 is 2.74 bits per heavy atom. The van der Waals surface area contributed by atoms with E-state index < -0.39 is 21.8 Å². The predicted molar refractivity (Wildman–Crippen MR) is 107 cm³/mol. The molecule has 0 unspecified atom stereocenters. The van der Waals surface area contributed by atoms with Gasteiger partial charge in [-0.25, -0.2) is 8.42 Å². The van der Waals surface area contributed by atoms with E-state index in [4.69, 9.17) is 0 Å².